The van der Waals surface area contributed by atoms with Crippen molar-refractivity contribution in [2.45, 2.75) is 50.6 Å². The van der Waals surface area contributed by atoms with Crippen LogP contribution < -0.4 is 19.8 Å². The molecule has 0 unspecified atom stereocenters. The lowest BCUT2D eigenvalue weighted by Gasteiger charge is -2.35. The first-order chi connectivity index (χ1) is 19.7. The average molecular weight is 619 g/mol. The summed E-state index contributed by atoms with van der Waals surface area (Å²) in [6, 6.07) is 4.83. The maximum atomic E-state index is 13.7. The van der Waals surface area contributed by atoms with Crippen LogP contribution in [0.5, 0.6) is 0 Å². The van der Waals surface area contributed by atoms with Gasteiger partial charge in [-0.1, -0.05) is 0 Å². The first kappa shape index (κ1) is 30.2. The molecule has 42 heavy (non-hydrogen) atoms. The minimum atomic E-state index is -4.89. The molecule has 2 aliphatic heterocycles. The van der Waals surface area contributed by atoms with Crippen molar-refractivity contribution in [1.82, 2.24) is 9.97 Å². The maximum absolute atomic E-state index is 13.7. The fraction of sp³-hybridized carbons (Fsp3) is 0.577. The van der Waals surface area contributed by atoms with Crippen LogP contribution in [0.3, 0.4) is 0 Å². The Morgan fingerprint density at radius 2 is 1.60 bits per heavy atom. The molecule has 2 saturated heterocycles. The van der Waals surface area contributed by atoms with Crippen LogP contribution in [0.25, 0.3) is 0 Å². The van der Waals surface area contributed by atoms with Crippen LogP contribution in [-0.2, 0) is 16.2 Å². The Morgan fingerprint density at radius 3 is 2.19 bits per heavy atom. The number of nitrogens with one attached hydrogen (secondary N) is 2. The summed E-state index contributed by atoms with van der Waals surface area (Å²) >= 11 is 0. The Kier molecular flexibility index (Phi) is 7.98. The average Bonchev–Trinajstić information content (AvgIpc) is 3.66. The summed E-state index contributed by atoms with van der Waals surface area (Å²) in [5, 5.41) is 11.4. The van der Waals surface area contributed by atoms with Crippen molar-refractivity contribution in [3.8, 4) is 0 Å². The molecule has 1 aromatic heterocycles. The summed E-state index contributed by atoms with van der Waals surface area (Å²) in [6.07, 6.45) is -1.98. The van der Waals surface area contributed by atoms with E-state index in [-0.39, 0.29) is 30.2 Å². The fourth-order valence-corrected chi connectivity index (χ4v) is 6.16. The Bertz CT molecular complexity index is 1430. The SMILES string of the molecule is O=C(Nc1nc(N2CCC(F)(F)CC2)cc(C(F)(F)F)n1)c1ccc(NS(=O)(=O)CCO)cc1N1CCC2(CC1)CC2. The molecule has 230 valence electrons. The first-order valence-corrected chi connectivity index (χ1v) is 15.2. The number of hydrogen-bond acceptors (Lipinski definition) is 8. The molecule has 10 nitrogen and oxygen atoms in total. The molecule has 3 fully saturated rings. The highest BCUT2D eigenvalue weighted by molar-refractivity contribution is 7.92. The quantitative estimate of drug-likeness (QED) is 0.378. The number of rotatable bonds is 8. The topological polar surface area (TPSA) is 128 Å². The highest BCUT2D eigenvalue weighted by Gasteiger charge is 2.45. The molecular weight excluding hydrogens is 587 g/mol. The molecule has 0 atom stereocenters. The lowest BCUT2D eigenvalue weighted by molar-refractivity contribution is -0.141. The van der Waals surface area contributed by atoms with Gasteiger partial charge < -0.3 is 14.9 Å². The van der Waals surface area contributed by atoms with Gasteiger partial charge in [0.25, 0.3) is 11.8 Å². The number of hydrogen-bond donors (Lipinski definition) is 3. The van der Waals surface area contributed by atoms with E-state index in [4.69, 9.17) is 5.11 Å². The third-order valence-electron chi connectivity index (χ3n) is 8.04. The lowest BCUT2D eigenvalue weighted by atomic mass is 9.93. The molecule has 1 spiro atoms. The lowest BCUT2D eigenvalue weighted by Crippen LogP contribution is -2.40. The van der Waals surface area contributed by atoms with Gasteiger partial charge in [-0.3, -0.25) is 14.8 Å². The second kappa shape index (κ2) is 11.1. The summed E-state index contributed by atoms with van der Waals surface area (Å²) in [5.74, 6) is -5.15. The van der Waals surface area contributed by atoms with Crippen LogP contribution in [0.2, 0.25) is 0 Å². The number of carbonyl (C=O) groups excluding carboxylic acids is 1. The van der Waals surface area contributed by atoms with Crippen LogP contribution in [0, 0.1) is 5.41 Å². The summed E-state index contributed by atoms with van der Waals surface area (Å²) < 4.78 is 95.2. The highest BCUT2D eigenvalue weighted by Crippen LogP contribution is 2.54. The van der Waals surface area contributed by atoms with E-state index in [1.807, 2.05) is 4.90 Å². The zero-order valence-electron chi connectivity index (χ0n) is 22.6. The van der Waals surface area contributed by atoms with Crippen LogP contribution in [0.1, 0.15) is 54.6 Å². The Hall–Kier alpha value is -3.27. The number of carbonyl (C=O) groups is 1. The van der Waals surface area contributed by atoms with Crippen molar-refractivity contribution in [3.05, 3.63) is 35.5 Å². The largest absolute Gasteiger partial charge is 0.433 e. The Balaban J connectivity index is 1.44. The highest BCUT2D eigenvalue weighted by atomic mass is 32.2. The van der Waals surface area contributed by atoms with E-state index in [0.29, 0.717) is 30.3 Å². The number of sulfonamides is 1. The van der Waals surface area contributed by atoms with Gasteiger partial charge in [0.15, 0.2) is 5.69 Å². The third kappa shape index (κ3) is 7.02. The number of aromatic nitrogens is 2. The van der Waals surface area contributed by atoms with Crippen molar-refractivity contribution in [2.24, 2.45) is 5.41 Å². The summed E-state index contributed by atoms with van der Waals surface area (Å²) in [4.78, 5) is 24.2. The molecule has 3 aliphatic rings. The van der Waals surface area contributed by atoms with E-state index < -0.39 is 64.9 Å². The number of piperidine rings is 2. The van der Waals surface area contributed by atoms with Crippen molar-refractivity contribution >= 4 is 39.1 Å². The predicted octanol–water partition coefficient (Wildman–Crippen LogP) is 4.10. The van der Waals surface area contributed by atoms with Crippen molar-refractivity contribution in [2.75, 3.05) is 58.4 Å². The van der Waals surface area contributed by atoms with Gasteiger partial charge in [0, 0.05) is 45.1 Å². The normalized spacial score (nSPS) is 20.0. The van der Waals surface area contributed by atoms with Gasteiger partial charge in [-0.25, -0.2) is 22.2 Å². The predicted molar refractivity (Wildman–Crippen MR) is 145 cm³/mol. The number of benzene rings is 1. The standard InChI is InChI=1S/C26H31F5N6O4S/c27-25(28)7-11-37(12-8-25)21-16-20(26(29,30)31)32-23(33-21)34-22(39)18-2-1-17(35-42(40,41)14-13-38)15-19(18)36-9-5-24(3-4-24)6-10-36/h1-2,15-16,35,38H,3-14H2,(H,32,33,34,39). The van der Waals surface area contributed by atoms with E-state index in [0.717, 1.165) is 25.7 Å². The Morgan fingerprint density at radius 1 is 0.952 bits per heavy atom. The minimum absolute atomic E-state index is 0.0621. The van der Waals surface area contributed by atoms with Gasteiger partial charge in [0.05, 0.1) is 29.3 Å². The van der Waals surface area contributed by atoms with Crippen LogP contribution in [0.15, 0.2) is 24.3 Å². The maximum Gasteiger partial charge on any atom is 0.433 e. The smallest absolute Gasteiger partial charge is 0.395 e. The monoisotopic (exact) mass is 618 g/mol. The molecular formula is C26H31F5N6O4S. The van der Waals surface area contributed by atoms with Crippen LogP contribution in [-0.4, -0.2) is 73.9 Å². The number of aliphatic hydroxyl groups excluding tert-OH is 1. The molecule has 5 rings (SSSR count). The zero-order valence-corrected chi connectivity index (χ0v) is 23.4. The van der Waals surface area contributed by atoms with Gasteiger partial charge in [-0.2, -0.15) is 18.2 Å². The molecule has 3 N–H and O–H groups in total. The number of anilines is 4. The van der Waals surface area contributed by atoms with E-state index in [2.05, 4.69) is 20.0 Å². The number of amides is 1. The number of aliphatic hydroxyl groups is 1. The second-order valence-corrected chi connectivity index (χ2v) is 12.9. The number of alkyl halides is 5. The first-order valence-electron chi connectivity index (χ1n) is 13.6. The molecule has 3 heterocycles. The van der Waals surface area contributed by atoms with Gasteiger partial charge >= 0.3 is 6.18 Å². The number of halogens is 5. The van der Waals surface area contributed by atoms with E-state index in [9.17, 15) is 35.2 Å². The van der Waals surface area contributed by atoms with Gasteiger partial charge in [0.1, 0.15) is 5.82 Å². The summed E-state index contributed by atoms with van der Waals surface area (Å²) in [7, 11) is -3.86. The molecule has 16 heteroatoms. The molecule has 1 saturated carbocycles. The molecule has 0 bridgehead atoms. The van der Waals surface area contributed by atoms with Crippen molar-refractivity contribution in [3.63, 3.8) is 0 Å². The van der Waals surface area contributed by atoms with Crippen LogP contribution in [0.4, 0.5) is 45.1 Å². The molecule has 1 amide bonds. The van der Waals surface area contributed by atoms with Crippen molar-refractivity contribution < 1.29 is 40.3 Å². The second-order valence-electron chi connectivity index (χ2n) is 11.1. The molecule has 2 aromatic rings. The van der Waals surface area contributed by atoms with Crippen molar-refractivity contribution in [1.29, 1.82) is 0 Å². The van der Waals surface area contributed by atoms with E-state index in [1.165, 1.54) is 23.1 Å². The van der Waals surface area contributed by atoms with Gasteiger partial charge in [-0.15, -0.1) is 0 Å². The molecule has 1 aromatic carbocycles. The van der Waals surface area contributed by atoms with Gasteiger partial charge in [-0.05, 0) is 49.3 Å². The summed E-state index contributed by atoms with van der Waals surface area (Å²) in [6.45, 7) is 0.162. The fourth-order valence-electron chi connectivity index (χ4n) is 5.33. The number of nitrogens with zero attached hydrogens (tertiary/aromatic N) is 4. The third-order valence-corrected chi connectivity index (χ3v) is 9.31. The Labute approximate surface area is 239 Å². The van der Waals surface area contributed by atoms with E-state index in [1.54, 1.807) is 0 Å². The minimum Gasteiger partial charge on any atom is -0.395 e. The molecule has 1 aliphatic carbocycles. The zero-order chi connectivity index (χ0) is 30.3. The van der Waals surface area contributed by atoms with Crippen LogP contribution >= 0.6 is 0 Å². The van der Waals surface area contributed by atoms with Gasteiger partial charge in [0.2, 0.25) is 16.0 Å². The molecule has 0 radical (unpaired) electrons. The summed E-state index contributed by atoms with van der Waals surface area (Å²) in [5.41, 5.74) is -0.453. The van der Waals surface area contributed by atoms with E-state index >= 15 is 0 Å².